The van der Waals surface area contributed by atoms with Crippen LogP contribution >= 0.6 is 0 Å². The van der Waals surface area contributed by atoms with Crippen LogP contribution in [0.4, 0.5) is 0 Å². The molecule has 0 bridgehead atoms. The van der Waals surface area contributed by atoms with Gasteiger partial charge in [-0.25, -0.2) is 0 Å². The van der Waals surface area contributed by atoms with E-state index in [-0.39, 0.29) is 0 Å². The fourth-order valence-corrected chi connectivity index (χ4v) is 3.60. The molecule has 0 spiro atoms. The van der Waals surface area contributed by atoms with E-state index in [1.54, 1.807) is 0 Å². The lowest BCUT2D eigenvalue weighted by atomic mass is 9.58. The number of hydrogen-bond donors (Lipinski definition) is 0. The van der Waals surface area contributed by atoms with Crippen molar-refractivity contribution in [3.8, 4) is 0 Å². The molecule has 0 aromatic rings. The lowest BCUT2D eigenvalue weighted by Gasteiger charge is -2.47. The first-order valence-corrected chi connectivity index (χ1v) is 5.13. The molecule has 6 unspecified atom stereocenters. The van der Waals surface area contributed by atoms with Crippen molar-refractivity contribution in [2.45, 2.75) is 34.1 Å². The first-order chi connectivity index (χ1) is 5.13. The number of hydrogen-bond acceptors (Lipinski definition) is 0. The van der Waals surface area contributed by atoms with Crippen LogP contribution in [-0.4, -0.2) is 0 Å². The molecule has 0 aromatic carbocycles. The minimum atomic E-state index is 0.998. The Hall–Kier alpha value is 0. The first-order valence-electron chi connectivity index (χ1n) is 5.13. The van der Waals surface area contributed by atoms with E-state index in [1.165, 1.54) is 6.42 Å². The van der Waals surface area contributed by atoms with Crippen LogP contribution in [0.1, 0.15) is 34.1 Å². The third kappa shape index (κ3) is 0.816. The quantitative estimate of drug-likeness (QED) is 0.500. The SMILES string of the molecule is CC1CC2C(C)C(C)C2C1C. The van der Waals surface area contributed by atoms with Crippen molar-refractivity contribution >= 4 is 0 Å². The lowest BCUT2D eigenvalue weighted by Crippen LogP contribution is -2.42. The average Bonchev–Trinajstić information content (AvgIpc) is 2.26. The Morgan fingerprint density at radius 1 is 0.818 bits per heavy atom. The molecule has 2 aliphatic rings. The van der Waals surface area contributed by atoms with Crippen LogP contribution in [0.15, 0.2) is 0 Å². The van der Waals surface area contributed by atoms with E-state index in [1.807, 2.05) is 0 Å². The Labute approximate surface area is 70.4 Å². The fraction of sp³-hybridized carbons (Fsp3) is 1.00. The average molecular weight is 152 g/mol. The highest BCUT2D eigenvalue weighted by atomic mass is 14.6. The minimum absolute atomic E-state index is 0.998. The molecule has 0 saturated heterocycles. The summed E-state index contributed by atoms with van der Waals surface area (Å²) in [7, 11) is 0. The largest absolute Gasteiger partial charge is 0.0622 e. The van der Waals surface area contributed by atoms with Crippen LogP contribution < -0.4 is 0 Å². The summed E-state index contributed by atoms with van der Waals surface area (Å²) in [6.07, 6.45) is 1.51. The van der Waals surface area contributed by atoms with E-state index in [2.05, 4.69) is 27.7 Å². The molecule has 2 rings (SSSR count). The van der Waals surface area contributed by atoms with Crippen LogP contribution in [0.25, 0.3) is 0 Å². The van der Waals surface area contributed by atoms with E-state index in [0.717, 1.165) is 35.5 Å². The number of rotatable bonds is 0. The van der Waals surface area contributed by atoms with Gasteiger partial charge in [0.25, 0.3) is 0 Å². The maximum Gasteiger partial charge on any atom is -0.0326 e. The zero-order valence-electron chi connectivity index (χ0n) is 8.17. The Balaban J connectivity index is 2.12. The fourth-order valence-electron chi connectivity index (χ4n) is 3.60. The zero-order valence-corrected chi connectivity index (χ0v) is 8.17. The Morgan fingerprint density at radius 3 is 2.00 bits per heavy atom. The van der Waals surface area contributed by atoms with E-state index < -0.39 is 0 Å². The van der Waals surface area contributed by atoms with Gasteiger partial charge in [0, 0.05) is 0 Å². The normalized spacial score (nSPS) is 62.2. The Bertz CT molecular complexity index is 161. The first kappa shape index (κ1) is 7.64. The van der Waals surface area contributed by atoms with Crippen LogP contribution in [-0.2, 0) is 0 Å². The van der Waals surface area contributed by atoms with Crippen molar-refractivity contribution < 1.29 is 0 Å². The van der Waals surface area contributed by atoms with Gasteiger partial charge in [-0.15, -0.1) is 0 Å². The molecular weight excluding hydrogens is 132 g/mol. The van der Waals surface area contributed by atoms with Gasteiger partial charge in [0.05, 0.1) is 0 Å². The molecule has 0 amide bonds. The minimum Gasteiger partial charge on any atom is -0.0622 e. The van der Waals surface area contributed by atoms with Crippen LogP contribution in [0.3, 0.4) is 0 Å². The van der Waals surface area contributed by atoms with Gasteiger partial charge >= 0.3 is 0 Å². The molecule has 2 saturated carbocycles. The van der Waals surface area contributed by atoms with Gasteiger partial charge in [-0.1, -0.05) is 27.7 Å². The third-order valence-corrected chi connectivity index (χ3v) is 4.75. The summed E-state index contributed by atoms with van der Waals surface area (Å²) >= 11 is 0. The Morgan fingerprint density at radius 2 is 1.45 bits per heavy atom. The molecule has 0 heteroatoms. The van der Waals surface area contributed by atoms with Gasteiger partial charge < -0.3 is 0 Å². The van der Waals surface area contributed by atoms with Gasteiger partial charge in [-0.2, -0.15) is 0 Å². The standard InChI is InChI=1S/C11H20/c1-6-5-10-8(3)9(4)11(10)7(6)2/h6-11H,5H2,1-4H3. The van der Waals surface area contributed by atoms with Crippen molar-refractivity contribution in [3.63, 3.8) is 0 Å². The van der Waals surface area contributed by atoms with Crippen molar-refractivity contribution in [1.29, 1.82) is 0 Å². The molecule has 0 aliphatic heterocycles. The Kier molecular flexibility index (Phi) is 1.56. The highest BCUT2D eigenvalue weighted by Crippen LogP contribution is 2.59. The summed E-state index contributed by atoms with van der Waals surface area (Å²) in [6.45, 7) is 9.77. The molecule has 0 N–H and O–H groups in total. The van der Waals surface area contributed by atoms with Gasteiger partial charge in [0.1, 0.15) is 0 Å². The second-order valence-electron chi connectivity index (χ2n) is 5.03. The molecule has 6 atom stereocenters. The molecule has 2 aliphatic carbocycles. The summed E-state index contributed by atoms with van der Waals surface area (Å²) < 4.78 is 0. The monoisotopic (exact) mass is 152 g/mol. The molecule has 11 heavy (non-hydrogen) atoms. The third-order valence-electron chi connectivity index (χ3n) is 4.75. The summed E-state index contributed by atoms with van der Waals surface area (Å²) in [5, 5.41) is 0. The maximum atomic E-state index is 2.46. The second-order valence-corrected chi connectivity index (χ2v) is 5.03. The van der Waals surface area contributed by atoms with E-state index in [9.17, 15) is 0 Å². The molecule has 0 aromatic heterocycles. The van der Waals surface area contributed by atoms with Crippen molar-refractivity contribution in [2.24, 2.45) is 35.5 Å². The highest BCUT2D eigenvalue weighted by molar-refractivity contribution is 5.01. The van der Waals surface area contributed by atoms with Crippen molar-refractivity contribution in [1.82, 2.24) is 0 Å². The summed E-state index contributed by atoms with van der Waals surface area (Å²) in [5.41, 5.74) is 0. The molecule has 0 heterocycles. The summed E-state index contributed by atoms with van der Waals surface area (Å²) in [6, 6.07) is 0. The van der Waals surface area contributed by atoms with Gasteiger partial charge in [-0.3, -0.25) is 0 Å². The smallest absolute Gasteiger partial charge is 0.0326 e. The van der Waals surface area contributed by atoms with E-state index in [0.29, 0.717) is 0 Å². The van der Waals surface area contributed by atoms with Crippen LogP contribution in [0.5, 0.6) is 0 Å². The molecule has 2 fully saturated rings. The summed E-state index contributed by atoms with van der Waals surface area (Å²) in [5.74, 6) is 6.21. The predicted octanol–water partition coefficient (Wildman–Crippen LogP) is 3.18. The van der Waals surface area contributed by atoms with E-state index >= 15 is 0 Å². The second kappa shape index (κ2) is 2.24. The molecule has 64 valence electrons. The van der Waals surface area contributed by atoms with E-state index in [4.69, 9.17) is 0 Å². The lowest BCUT2D eigenvalue weighted by molar-refractivity contribution is 0.00703. The zero-order chi connectivity index (χ0) is 8.17. The van der Waals surface area contributed by atoms with Gasteiger partial charge in [0.2, 0.25) is 0 Å². The summed E-state index contributed by atoms with van der Waals surface area (Å²) in [4.78, 5) is 0. The predicted molar refractivity (Wildman–Crippen MR) is 48.3 cm³/mol. The van der Waals surface area contributed by atoms with Gasteiger partial charge in [0.15, 0.2) is 0 Å². The molecule has 0 radical (unpaired) electrons. The van der Waals surface area contributed by atoms with Crippen LogP contribution in [0.2, 0.25) is 0 Å². The van der Waals surface area contributed by atoms with Crippen molar-refractivity contribution in [2.75, 3.05) is 0 Å². The molecule has 0 nitrogen and oxygen atoms in total. The number of fused-ring (bicyclic) bond motifs is 1. The van der Waals surface area contributed by atoms with Crippen molar-refractivity contribution in [3.05, 3.63) is 0 Å². The maximum absolute atomic E-state index is 2.46. The van der Waals surface area contributed by atoms with Gasteiger partial charge in [-0.05, 0) is 41.9 Å². The highest BCUT2D eigenvalue weighted by Gasteiger charge is 2.53. The van der Waals surface area contributed by atoms with Crippen LogP contribution in [0, 0.1) is 35.5 Å². The molecular formula is C11H20. The topological polar surface area (TPSA) is 0 Å².